The van der Waals surface area contributed by atoms with E-state index in [0.717, 1.165) is 43.9 Å². The number of hydrogen-bond acceptors (Lipinski definition) is 4. The molecule has 0 amide bonds. The van der Waals surface area contributed by atoms with Crippen molar-refractivity contribution in [3.05, 3.63) is 17.0 Å². The van der Waals surface area contributed by atoms with Crippen LogP contribution in [-0.2, 0) is 5.41 Å². The first-order valence-corrected chi connectivity index (χ1v) is 7.85. The Morgan fingerprint density at radius 3 is 2.30 bits per heavy atom. The zero-order valence-corrected chi connectivity index (χ0v) is 13.3. The summed E-state index contributed by atoms with van der Waals surface area (Å²) in [5.41, 5.74) is -0.0739. The molecular weight excluding hydrogens is 272 g/mol. The molecule has 0 spiro atoms. The van der Waals surface area contributed by atoms with Gasteiger partial charge in [-0.2, -0.15) is 0 Å². The highest BCUT2D eigenvalue weighted by Gasteiger charge is 2.31. The minimum Gasteiger partial charge on any atom is -0.354 e. The van der Waals surface area contributed by atoms with Crippen LogP contribution in [0.1, 0.15) is 39.4 Å². The Kier molecular flexibility index (Phi) is 3.63. The van der Waals surface area contributed by atoms with E-state index in [1.807, 2.05) is 6.07 Å². The van der Waals surface area contributed by atoms with Gasteiger partial charge in [0, 0.05) is 43.7 Å². The smallest absolute Gasteiger partial charge is 0.137 e. The van der Waals surface area contributed by atoms with E-state index in [2.05, 4.69) is 35.6 Å². The van der Waals surface area contributed by atoms with Gasteiger partial charge >= 0.3 is 0 Å². The van der Waals surface area contributed by atoms with Crippen molar-refractivity contribution in [3.63, 3.8) is 0 Å². The van der Waals surface area contributed by atoms with Crippen molar-refractivity contribution in [1.29, 1.82) is 0 Å². The van der Waals surface area contributed by atoms with E-state index >= 15 is 0 Å². The van der Waals surface area contributed by atoms with Gasteiger partial charge in [0.25, 0.3) is 0 Å². The summed E-state index contributed by atoms with van der Waals surface area (Å²) in [5, 5.41) is 0.546. The second kappa shape index (κ2) is 5.15. The fourth-order valence-corrected chi connectivity index (χ4v) is 2.84. The van der Waals surface area contributed by atoms with Gasteiger partial charge in [-0.25, -0.2) is 9.97 Å². The molecule has 0 unspecified atom stereocenters. The first-order chi connectivity index (χ1) is 9.43. The van der Waals surface area contributed by atoms with Crippen LogP contribution in [-0.4, -0.2) is 47.1 Å². The van der Waals surface area contributed by atoms with Crippen LogP contribution in [0.3, 0.4) is 0 Å². The molecule has 0 aromatic carbocycles. The third-order valence-electron chi connectivity index (χ3n) is 4.05. The van der Waals surface area contributed by atoms with E-state index in [0.29, 0.717) is 5.15 Å². The summed E-state index contributed by atoms with van der Waals surface area (Å²) in [7, 11) is 0. The van der Waals surface area contributed by atoms with Crippen LogP contribution in [0, 0.1) is 0 Å². The number of halogens is 1. The summed E-state index contributed by atoms with van der Waals surface area (Å²) in [6.07, 6.45) is 2.76. The molecule has 0 radical (unpaired) electrons. The summed E-state index contributed by atoms with van der Waals surface area (Å²) in [6, 6.07) is 2.75. The lowest BCUT2D eigenvalue weighted by atomic mass is 9.96. The lowest BCUT2D eigenvalue weighted by Crippen LogP contribution is -2.47. The van der Waals surface area contributed by atoms with Crippen molar-refractivity contribution >= 4 is 17.4 Å². The van der Waals surface area contributed by atoms with E-state index in [1.165, 1.54) is 12.8 Å². The maximum atomic E-state index is 6.18. The van der Waals surface area contributed by atoms with E-state index < -0.39 is 0 Å². The van der Waals surface area contributed by atoms with Crippen molar-refractivity contribution in [3.8, 4) is 0 Å². The van der Waals surface area contributed by atoms with E-state index in [9.17, 15) is 0 Å². The molecule has 0 N–H and O–H groups in total. The van der Waals surface area contributed by atoms with Crippen molar-refractivity contribution in [2.75, 3.05) is 31.1 Å². The fraction of sp³-hybridized carbons (Fsp3) is 0.733. The van der Waals surface area contributed by atoms with Crippen LogP contribution in [0.2, 0.25) is 5.15 Å². The van der Waals surface area contributed by atoms with Gasteiger partial charge in [0.2, 0.25) is 0 Å². The Labute approximate surface area is 126 Å². The zero-order valence-electron chi connectivity index (χ0n) is 12.6. The quantitative estimate of drug-likeness (QED) is 0.785. The average Bonchev–Trinajstić information content (AvgIpc) is 3.21. The van der Waals surface area contributed by atoms with Crippen LogP contribution in [0.5, 0.6) is 0 Å². The van der Waals surface area contributed by atoms with Crippen LogP contribution in [0.4, 0.5) is 5.82 Å². The van der Waals surface area contributed by atoms with Gasteiger partial charge in [-0.15, -0.1) is 0 Å². The normalized spacial score (nSPS) is 21.3. The number of aromatic nitrogens is 2. The molecule has 2 heterocycles. The Balaban J connectivity index is 1.75. The molecule has 1 saturated heterocycles. The molecule has 0 atom stereocenters. The number of hydrogen-bond donors (Lipinski definition) is 0. The first kappa shape index (κ1) is 14.1. The SMILES string of the molecule is CC(C)(C)c1nc(Cl)cc(N2CCN(C3CC3)CC2)n1. The molecule has 2 fully saturated rings. The summed E-state index contributed by atoms with van der Waals surface area (Å²) in [6.45, 7) is 10.7. The van der Waals surface area contributed by atoms with Gasteiger partial charge in [-0.05, 0) is 12.8 Å². The van der Waals surface area contributed by atoms with Crippen LogP contribution in [0.25, 0.3) is 0 Å². The molecule has 4 nitrogen and oxygen atoms in total. The predicted molar refractivity (Wildman–Crippen MR) is 82.6 cm³/mol. The molecule has 3 rings (SSSR count). The summed E-state index contributed by atoms with van der Waals surface area (Å²) in [5.74, 6) is 1.80. The lowest BCUT2D eigenvalue weighted by molar-refractivity contribution is 0.247. The molecule has 20 heavy (non-hydrogen) atoms. The molecule has 110 valence electrons. The van der Waals surface area contributed by atoms with Crippen molar-refractivity contribution < 1.29 is 0 Å². The van der Waals surface area contributed by atoms with Gasteiger partial charge in [0.15, 0.2) is 0 Å². The maximum absolute atomic E-state index is 6.18. The first-order valence-electron chi connectivity index (χ1n) is 7.47. The second-order valence-corrected chi connectivity index (χ2v) is 7.26. The topological polar surface area (TPSA) is 32.3 Å². The van der Waals surface area contributed by atoms with Gasteiger partial charge in [0.1, 0.15) is 16.8 Å². The fourth-order valence-electron chi connectivity index (χ4n) is 2.66. The summed E-state index contributed by atoms with van der Waals surface area (Å²) >= 11 is 6.18. The van der Waals surface area contributed by atoms with Crippen LogP contribution < -0.4 is 4.90 Å². The summed E-state index contributed by atoms with van der Waals surface area (Å²) in [4.78, 5) is 14.0. The number of piperazine rings is 1. The molecule has 1 aromatic heterocycles. The molecular formula is C15H23ClN4. The predicted octanol–water partition coefficient (Wildman–Crippen LogP) is 2.71. The minimum absolute atomic E-state index is 0.0739. The number of rotatable bonds is 2. The monoisotopic (exact) mass is 294 g/mol. The third kappa shape index (κ3) is 3.07. The summed E-state index contributed by atoms with van der Waals surface area (Å²) < 4.78 is 0. The minimum atomic E-state index is -0.0739. The Morgan fingerprint density at radius 2 is 1.75 bits per heavy atom. The van der Waals surface area contributed by atoms with E-state index in [1.54, 1.807) is 0 Å². The highest BCUT2D eigenvalue weighted by Crippen LogP contribution is 2.29. The number of nitrogens with zero attached hydrogens (tertiary/aromatic N) is 4. The van der Waals surface area contributed by atoms with Crippen molar-refractivity contribution in [2.24, 2.45) is 0 Å². The van der Waals surface area contributed by atoms with Crippen molar-refractivity contribution in [1.82, 2.24) is 14.9 Å². The second-order valence-electron chi connectivity index (χ2n) is 6.88. The Hall–Kier alpha value is -0.870. The molecule has 1 aromatic rings. The van der Waals surface area contributed by atoms with Gasteiger partial charge in [-0.3, -0.25) is 4.90 Å². The molecule has 2 aliphatic rings. The largest absolute Gasteiger partial charge is 0.354 e. The Morgan fingerprint density at radius 1 is 1.10 bits per heavy atom. The molecule has 1 aliphatic heterocycles. The molecule has 0 bridgehead atoms. The number of anilines is 1. The molecule has 5 heteroatoms. The van der Waals surface area contributed by atoms with Gasteiger partial charge in [0.05, 0.1) is 0 Å². The highest BCUT2D eigenvalue weighted by atomic mass is 35.5. The van der Waals surface area contributed by atoms with Crippen molar-refractivity contribution in [2.45, 2.75) is 45.1 Å². The lowest BCUT2D eigenvalue weighted by Gasteiger charge is -2.35. The highest BCUT2D eigenvalue weighted by molar-refractivity contribution is 6.29. The van der Waals surface area contributed by atoms with Gasteiger partial charge in [-0.1, -0.05) is 32.4 Å². The van der Waals surface area contributed by atoms with Gasteiger partial charge < -0.3 is 4.90 Å². The molecule has 1 saturated carbocycles. The maximum Gasteiger partial charge on any atom is 0.137 e. The Bertz CT molecular complexity index is 485. The van der Waals surface area contributed by atoms with Crippen LogP contribution >= 0.6 is 11.6 Å². The average molecular weight is 295 g/mol. The van der Waals surface area contributed by atoms with E-state index in [4.69, 9.17) is 16.6 Å². The van der Waals surface area contributed by atoms with E-state index in [-0.39, 0.29) is 5.41 Å². The standard InChI is InChI=1S/C15H23ClN4/c1-15(2,3)14-17-12(16)10-13(18-14)20-8-6-19(7-9-20)11-4-5-11/h10-11H,4-9H2,1-3H3. The third-order valence-corrected chi connectivity index (χ3v) is 4.25. The molecule has 1 aliphatic carbocycles. The zero-order chi connectivity index (χ0) is 14.3. The van der Waals surface area contributed by atoms with Crippen LogP contribution in [0.15, 0.2) is 6.07 Å².